The molecule has 0 aliphatic heterocycles. The van der Waals surface area contributed by atoms with Crippen LogP contribution in [0.4, 0.5) is 0 Å². The van der Waals surface area contributed by atoms with Gasteiger partial charge in [0.15, 0.2) is 0 Å². The van der Waals surface area contributed by atoms with Gasteiger partial charge in [-0.25, -0.2) is 0 Å². The molecule has 18 heavy (non-hydrogen) atoms. The summed E-state index contributed by atoms with van der Waals surface area (Å²) in [6.07, 6.45) is 2.37. The van der Waals surface area contributed by atoms with E-state index in [1.807, 2.05) is 6.07 Å². The normalized spacial score (nSPS) is 13.1. The maximum atomic E-state index is 3.16. The third kappa shape index (κ3) is 1.39. The van der Waals surface area contributed by atoms with Crippen molar-refractivity contribution in [3.63, 3.8) is 0 Å². The minimum absolute atomic E-state index is 1.18. The summed E-state index contributed by atoms with van der Waals surface area (Å²) < 4.78 is 0. The topological polar surface area (TPSA) is 0 Å². The molecule has 0 nitrogen and oxygen atoms in total. The van der Waals surface area contributed by atoms with Crippen LogP contribution in [0.15, 0.2) is 54.6 Å². The van der Waals surface area contributed by atoms with Crippen LogP contribution in [0.5, 0.6) is 0 Å². The van der Waals surface area contributed by atoms with Crippen LogP contribution in [-0.2, 0) is 12.8 Å². The molecule has 0 fully saturated rings. The zero-order valence-electron chi connectivity index (χ0n) is 10.1. The Morgan fingerprint density at radius 2 is 1.78 bits per heavy atom. The number of aryl methyl sites for hydroxylation is 2. The molecule has 0 spiro atoms. The highest BCUT2D eigenvalue weighted by Crippen LogP contribution is 2.34. The molecule has 0 bridgehead atoms. The van der Waals surface area contributed by atoms with Crippen LogP contribution < -0.4 is 0 Å². The summed E-state index contributed by atoms with van der Waals surface area (Å²) in [6.45, 7) is 0. The van der Waals surface area contributed by atoms with Gasteiger partial charge in [0.1, 0.15) is 0 Å². The molecular weight excluding hydrogens is 216 g/mol. The molecule has 1 aliphatic carbocycles. The zero-order valence-corrected chi connectivity index (χ0v) is 10.1. The zero-order chi connectivity index (χ0) is 11.9. The van der Waals surface area contributed by atoms with Crippen LogP contribution in [0.2, 0.25) is 0 Å². The smallest absolute Gasteiger partial charge is 0.0119 e. The number of benzene rings is 3. The SMILES string of the molecule is [c]1cccc(-c2cc3c4c(cccc4c2)CC3)c1. The Kier molecular flexibility index (Phi) is 2.04. The first kappa shape index (κ1) is 9.90. The van der Waals surface area contributed by atoms with Gasteiger partial charge in [-0.3, -0.25) is 0 Å². The summed E-state index contributed by atoms with van der Waals surface area (Å²) in [4.78, 5) is 0. The van der Waals surface area contributed by atoms with Crippen molar-refractivity contribution in [1.29, 1.82) is 0 Å². The Bertz CT molecular complexity index is 724. The van der Waals surface area contributed by atoms with E-state index < -0.39 is 0 Å². The van der Waals surface area contributed by atoms with Crippen molar-refractivity contribution in [3.05, 3.63) is 71.8 Å². The highest BCUT2D eigenvalue weighted by Gasteiger charge is 2.14. The summed E-state index contributed by atoms with van der Waals surface area (Å²) in [5.74, 6) is 0. The van der Waals surface area contributed by atoms with Gasteiger partial charge < -0.3 is 0 Å². The van der Waals surface area contributed by atoms with Gasteiger partial charge in [0.25, 0.3) is 0 Å². The first-order chi connectivity index (χ1) is 8.92. The molecule has 85 valence electrons. The quantitative estimate of drug-likeness (QED) is 0.580. The van der Waals surface area contributed by atoms with Gasteiger partial charge in [-0.1, -0.05) is 42.5 Å². The van der Waals surface area contributed by atoms with Gasteiger partial charge in [-0.2, -0.15) is 0 Å². The summed E-state index contributed by atoms with van der Waals surface area (Å²) >= 11 is 0. The van der Waals surface area contributed by atoms with Gasteiger partial charge in [0, 0.05) is 0 Å². The van der Waals surface area contributed by atoms with E-state index in [0.29, 0.717) is 0 Å². The summed E-state index contributed by atoms with van der Waals surface area (Å²) in [6, 6.07) is 22.7. The Balaban J connectivity index is 2.02. The largest absolute Gasteiger partial charge is 0.0614 e. The predicted molar refractivity (Wildman–Crippen MR) is 75.6 cm³/mol. The van der Waals surface area contributed by atoms with E-state index in [4.69, 9.17) is 0 Å². The monoisotopic (exact) mass is 229 g/mol. The van der Waals surface area contributed by atoms with Crippen molar-refractivity contribution in [1.82, 2.24) is 0 Å². The summed E-state index contributed by atoms with van der Waals surface area (Å²) in [7, 11) is 0. The van der Waals surface area contributed by atoms with Crippen LogP contribution in [0.3, 0.4) is 0 Å². The lowest BCUT2D eigenvalue weighted by atomic mass is 9.98. The third-order valence-electron chi connectivity index (χ3n) is 3.85. The summed E-state index contributed by atoms with van der Waals surface area (Å²) in [5, 5.41) is 2.86. The van der Waals surface area contributed by atoms with Gasteiger partial charge in [0.2, 0.25) is 0 Å². The van der Waals surface area contributed by atoms with E-state index in [9.17, 15) is 0 Å². The van der Waals surface area contributed by atoms with Crippen molar-refractivity contribution in [2.75, 3.05) is 0 Å². The molecule has 0 N–H and O–H groups in total. The van der Waals surface area contributed by atoms with Gasteiger partial charge in [-0.05, 0) is 64.1 Å². The first-order valence-corrected chi connectivity index (χ1v) is 6.43. The number of rotatable bonds is 1. The molecule has 0 aromatic heterocycles. The Labute approximate surface area is 107 Å². The van der Waals surface area contributed by atoms with E-state index in [1.165, 1.54) is 45.9 Å². The second-order valence-corrected chi connectivity index (χ2v) is 4.94. The molecule has 3 aromatic rings. The maximum Gasteiger partial charge on any atom is -0.0119 e. The molecule has 1 radical (unpaired) electrons. The fourth-order valence-corrected chi connectivity index (χ4v) is 3.02. The lowest BCUT2D eigenvalue weighted by Crippen LogP contribution is -1.83. The second-order valence-electron chi connectivity index (χ2n) is 4.94. The number of hydrogen-bond donors (Lipinski definition) is 0. The standard InChI is InChI=1S/C18H13/c1-2-5-13(6-3-1)17-11-15-8-4-7-14-9-10-16(12-17)18(14)15/h1-2,4-8,11-12H,9-10H2. The van der Waals surface area contributed by atoms with Crippen molar-refractivity contribution < 1.29 is 0 Å². The van der Waals surface area contributed by atoms with Gasteiger partial charge in [-0.15, -0.1) is 0 Å². The molecular formula is C18H13. The molecule has 3 aromatic carbocycles. The highest BCUT2D eigenvalue weighted by atomic mass is 14.2. The first-order valence-electron chi connectivity index (χ1n) is 6.43. The highest BCUT2D eigenvalue weighted by molar-refractivity contribution is 5.94. The fraction of sp³-hybridized carbons (Fsp3) is 0.111. The van der Waals surface area contributed by atoms with Crippen molar-refractivity contribution in [2.24, 2.45) is 0 Å². The van der Waals surface area contributed by atoms with Crippen LogP contribution in [-0.4, -0.2) is 0 Å². The molecule has 0 amide bonds. The van der Waals surface area contributed by atoms with Gasteiger partial charge in [0.05, 0.1) is 0 Å². The average Bonchev–Trinajstić information content (AvgIpc) is 2.85. The van der Waals surface area contributed by atoms with Crippen molar-refractivity contribution in [3.8, 4) is 11.1 Å². The third-order valence-corrected chi connectivity index (χ3v) is 3.85. The van der Waals surface area contributed by atoms with Crippen LogP contribution in [0, 0.1) is 6.07 Å². The molecule has 0 atom stereocenters. The molecule has 0 unspecified atom stereocenters. The van der Waals surface area contributed by atoms with Crippen molar-refractivity contribution in [2.45, 2.75) is 12.8 Å². The molecule has 0 saturated heterocycles. The predicted octanol–water partition coefficient (Wildman–Crippen LogP) is 4.41. The second kappa shape index (κ2) is 3.71. The van der Waals surface area contributed by atoms with E-state index in [0.717, 1.165) is 0 Å². The Morgan fingerprint density at radius 3 is 2.67 bits per heavy atom. The lowest BCUT2D eigenvalue weighted by Gasteiger charge is -2.07. The minimum Gasteiger partial charge on any atom is -0.0614 e. The average molecular weight is 229 g/mol. The van der Waals surface area contributed by atoms with Crippen molar-refractivity contribution >= 4 is 10.8 Å². The molecule has 0 heterocycles. The fourth-order valence-electron chi connectivity index (χ4n) is 3.02. The van der Waals surface area contributed by atoms with E-state index in [-0.39, 0.29) is 0 Å². The minimum atomic E-state index is 1.18. The van der Waals surface area contributed by atoms with E-state index >= 15 is 0 Å². The Morgan fingerprint density at radius 1 is 0.833 bits per heavy atom. The molecule has 0 heteroatoms. The van der Waals surface area contributed by atoms with Crippen LogP contribution >= 0.6 is 0 Å². The van der Waals surface area contributed by atoms with Crippen LogP contribution in [0.25, 0.3) is 21.9 Å². The van der Waals surface area contributed by atoms with E-state index in [2.05, 4.69) is 54.6 Å². The number of hydrogen-bond acceptors (Lipinski definition) is 0. The molecule has 4 rings (SSSR count). The van der Waals surface area contributed by atoms with Gasteiger partial charge >= 0.3 is 0 Å². The van der Waals surface area contributed by atoms with E-state index in [1.54, 1.807) is 0 Å². The molecule has 0 saturated carbocycles. The lowest BCUT2D eigenvalue weighted by molar-refractivity contribution is 1.02. The van der Waals surface area contributed by atoms with Crippen LogP contribution in [0.1, 0.15) is 11.1 Å². The summed E-state index contributed by atoms with van der Waals surface area (Å²) in [5.41, 5.74) is 5.58. The Hall–Kier alpha value is -2.08. The maximum absolute atomic E-state index is 3.16. The molecule has 1 aliphatic rings.